The van der Waals surface area contributed by atoms with Crippen LogP contribution in [0.15, 0.2) is 170 Å². The first-order valence-electron chi connectivity index (χ1n) is 17.5. The summed E-state index contributed by atoms with van der Waals surface area (Å²) in [7, 11) is 0. The minimum Gasteiger partial charge on any atom is -0.0616 e. The number of hydrogen-bond acceptors (Lipinski definition) is 0. The molecule has 0 aliphatic rings. The summed E-state index contributed by atoms with van der Waals surface area (Å²) in [5, 5.41) is 26.1. The molecule has 0 aromatic heterocycles. The molecule has 12 rings (SSSR count). The van der Waals surface area contributed by atoms with Gasteiger partial charge in [0.25, 0.3) is 0 Å². The first kappa shape index (κ1) is 26.5. The largest absolute Gasteiger partial charge is 0.0616 e. The van der Waals surface area contributed by atoms with Crippen molar-refractivity contribution < 1.29 is 0 Å². The van der Waals surface area contributed by atoms with Gasteiger partial charge in [0.05, 0.1) is 0 Å². The molecule has 0 heterocycles. The second-order valence-corrected chi connectivity index (χ2v) is 13.9. The fraction of sp³-hybridized carbons (Fsp3) is 0. The first-order valence-corrected chi connectivity index (χ1v) is 17.5. The molecular weight excluding hydrogens is 601 g/mol. The molecule has 0 unspecified atom stereocenters. The molecule has 12 aromatic rings. The Morgan fingerprint density at radius 1 is 0.200 bits per heavy atom. The van der Waals surface area contributed by atoms with Crippen LogP contribution < -0.4 is 0 Å². The quantitative estimate of drug-likeness (QED) is 0.159. The van der Waals surface area contributed by atoms with E-state index in [1.54, 1.807) is 0 Å². The van der Waals surface area contributed by atoms with Gasteiger partial charge in [-0.1, -0.05) is 152 Å². The molecule has 0 aliphatic heterocycles. The van der Waals surface area contributed by atoms with Crippen molar-refractivity contribution in [2.24, 2.45) is 0 Å². The zero-order valence-electron chi connectivity index (χ0n) is 27.2. The van der Waals surface area contributed by atoms with Crippen molar-refractivity contribution >= 4 is 108 Å². The topological polar surface area (TPSA) is 0 Å². The molecule has 0 bridgehead atoms. The van der Waals surface area contributed by atoms with Crippen molar-refractivity contribution in [3.63, 3.8) is 0 Å². The standard InChI is InChI=1S/C50H28/c1-2-15-36-34(13-1)35-14-3-5-17-38(35)50-39-18-6-4-16-37(39)43(28-45(36)50)33-26-32-25-24-31-11-8-20-41-40-19-7-10-29-22-23-30-12-9-21-42(48(30)46(29)40)44(27-33)49(32)47(31)41/h1-28H. The van der Waals surface area contributed by atoms with E-state index in [0.29, 0.717) is 0 Å². The minimum absolute atomic E-state index is 1.25. The Labute approximate surface area is 287 Å². The van der Waals surface area contributed by atoms with E-state index < -0.39 is 0 Å². The summed E-state index contributed by atoms with van der Waals surface area (Å²) < 4.78 is 0. The molecular formula is C50H28. The number of benzene rings is 11. The van der Waals surface area contributed by atoms with Gasteiger partial charge in [0.1, 0.15) is 0 Å². The third kappa shape index (κ3) is 3.35. The lowest BCUT2D eigenvalue weighted by Gasteiger charge is -2.19. The first-order chi connectivity index (χ1) is 24.8. The number of fused-ring (bicyclic) bond motifs is 10. The van der Waals surface area contributed by atoms with E-state index in [9.17, 15) is 0 Å². The maximum absolute atomic E-state index is 2.50. The van der Waals surface area contributed by atoms with Gasteiger partial charge in [-0.2, -0.15) is 0 Å². The van der Waals surface area contributed by atoms with Gasteiger partial charge < -0.3 is 0 Å². The molecule has 0 N–H and O–H groups in total. The van der Waals surface area contributed by atoms with E-state index in [1.165, 1.54) is 119 Å². The monoisotopic (exact) mass is 628 g/mol. The van der Waals surface area contributed by atoms with E-state index in [1.807, 2.05) is 0 Å². The summed E-state index contributed by atoms with van der Waals surface area (Å²) in [4.78, 5) is 0. The van der Waals surface area contributed by atoms with Crippen LogP contribution in [-0.2, 0) is 0 Å². The Hall–Kier alpha value is -6.50. The predicted molar refractivity (Wildman–Crippen MR) is 218 cm³/mol. The van der Waals surface area contributed by atoms with Crippen molar-refractivity contribution in [3.8, 4) is 11.1 Å². The van der Waals surface area contributed by atoms with Crippen LogP contribution in [0, 0.1) is 0 Å². The lowest BCUT2D eigenvalue weighted by molar-refractivity contribution is 1.73. The summed E-state index contributed by atoms with van der Waals surface area (Å²) in [5.74, 6) is 0. The molecule has 0 nitrogen and oxygen atoms in total. The Kier molecular flexibility index (Phi) is 5.06. The zero-order chi connectivity index (χ0) is 32.5. The van der Waals surface area contributed by atoms with E-state index in [2.05, 4.69) is 170 Å². The summed E-state index contributed by atoms with van der Waals surface area (Å²) >= 11 is 0. The molecule has 0 radical (unpaired) electrons. The van der Waals surface area contributed by atoms with Gasteiger partial charge in [0, 0.05) is 0 Å². The minimum atomic E-state index is 1.25. The molecule has 0 spiro atoms. The summed E-state index contributed by atoms with van der Waals surface area (Å²) in [5.41, 5.74) is 2.52. The van der Waals surface area contributed by atoms with Crippen LogP contribution in [-0.4, -0.2) is 0 Å². The molecule has 0 fully saturated rings. The molecule has 228 valence electrons. The highest BCUT2D eigenvalue weighted by Crippen LogP contribution is 2.47. The Bertz CT molecular complexity index is 3410. The van der Waals surface area contributed by atoms with Crippen molar-refractivity contribution in [3.05, 3.63) is 170 Å². The fourth-order valence-corrected chi connectivity index (χ4v) is 9.45. The van der Waals surface area contributed by atoms with E-state index in [4.69, 9.17) is 0 Å². The molecule has 0 heteroatoms. The van der Waals surface area contributed by atoms with Gasteiger partial charge in [-0.05, 0) is 137 Å². The van der Waals surface area contributed by atoms with E-state index >= 15 is 0 Å². The lowest BCUT2D eigenvalue weighted by Crippen LogP contribution is -1.91. The van der Waals surface area contributed by atoms with Crippen LogP contribution in [0.5, 0.6) is 0 Å². The maximum atomic E-state index is 2.50. The summed E-state index contributed by atoms with van der Waals surface area (Å²) in [6, 6.07) is 64.0. The Morgan fingerprint density at radius 2 is 0.560 bits per heavy atom. The average molecular weight is 629 g/mol. The summed E-state index contributed by atoms with van der Waals surface area (Å²) in [6.07, 6.45) is 0. The van der Waals surface area contributed by atoms with Crippen LogP contribution >= 0.6 is 0 Å². The van der Waals surface area contributed by atoms with E-state index in [0.717, 1.165) is 0 Å². The van der Waals surface area contributed by atoms with Crippen LogP contribution in [0.1, 0.15) is 0 Å². The fourth-order valence-electron chi connectivity index (χ4n) is 9.45. The molecule has 0 saturated carbocycles. The average Bonchev–Trinajstić information content (AvgIpc) is 3.18. The van der Waals surface area contributed by atoms with Gasteiger partial charge in [-0.25, -0.2) is 0 Å². The van der Waals surface area contributed by atoms with Gasteiger partial charge in [0.2, 0.25) is 0 Å². The van der Waals surface area contributed by atoms with Gasteiger partial charge in [-0.15, -0.1) is 0 Å². The van der Waals surface area contributed by atoms with Crippen LogP contribution in [0.25, 0.3) is 119 Å². The van der Waals surface area contributed by atoms with Crippen LogP contribution in [0.4, 0.5) is 0 Å². The lowest BCUT2D eigenvalue weighted by atomic mass is 9.84. The second kappa shape index (κ2) is 9.56. The molecule has 0 atom stereocenters. The van der Waals surface area contributed by atoms with Gasteiger partial charge >= 0.3 is 0 Å². The highest BCUT2D eigenvalue weighted by Gasteiger charge is 2.19. The van der Waals surface area contributed by atoms with Crippen molar-refractivity contribution in [2.75, 3.05) is 0 Å². The van der Waals surface area contributed by atoms with Gasteiger partial charge in [0.15, 0.2) is 0 Å². The maximum Gasteiger partial charge on any atom is -0.00199 e. The highest BCUT2D eigenvalue weighted by molar-refractivity contribution is 6.38. The number of hydrogen-bond donors (Lipinski definition) is 0. The molecule has 0 saturated heterocycles. The zero-order valence-corrected chi connectivity index (χ0v) is 27.2. The molecule has 0 aliphatic carbocycles. The van der Waals surface area contributed by atoms with Crippen molar-refractivity contribution in [2.45, 2.75) is 0 Å². The van der Waals surface area contributed by atoms with Crippen LogP contribution in [0.3, 0.4) is 0 Å². The number of rotatable bonds is 1. The molecule has 50 heavy (non-hydrogen) atoms. The second-order valence-electron chi connectivity index (χ2n) is 13.9. The SMILES string of the molecule is c1ccc2c(c1)c(-c1cc3ccc4cccc5c6cccc7ccc8cccc(c(c1)c3c45)c8c76)cc1c3ccccc3c3ccccc3c21. The third-order valence-electron chi connectivity index (χ3n) is 11.5. The summed E-state index contributed by atoms with van der Waals surface area (Å²) in [6.45, 7) is 0. The Balaban J connectivity index is 1.33. The van der Waals surface area contributed by atoms with Gasteiger partial charge in [-0.3, -0.25) is 0 Å². The Morgan fingerprint density at radius 3 is 1.14 bits per heavy atom. The van der Waals surface area contributed by atoms with Crippen molar-refractivity contribution in [1.29, 1.82) is 0 Å². The normalized spacial score (nSPS) is 12.4. The third-order valence-corrected chi connectivity index (χ3v) is 11.5. The molecule has 12 aromatic carbocycles. The van der Waals surface area contributed by atoms with Crippen molar-refractivity contribution in [1.82, 2.24) is 0 Å². The van der Waals surface area contributed by atoms with E-state index in [-0.39, 0.29) is 0 Å². The smallest absolute Gasteiger partial charge is 0.00199 e. The highest BCUT2D eigenvalue weighted by atomic mass is 14.2. The molecule has 0 amide bonds. The van der Waals surface area contributed by atoms with Crippen LogP contribution in [0.2, 0.25) is 0 Å². The predicted octanol–water partition coefficient (Wildman–Crippen LogP) is 14.3.